The molecule has 0 aliphatic heterocycles. The first kappa shape index (κ1) is 12.4. The van der Waals surface area contributed by atoms with E-state index < -0.39 is 0 Å². The summed E-state index contributed by atoms with van der Waals surface area (Å²) in [6.45, 7) is 6.50. The quantitative estimate of drug-likeness (QED) is 0.657. The van der Waals surface area contributed by atoms with E-state index >= 15 is 0 Å². The van der Waals surface area contributed by atoms with E-state index in [1.165, 1.54) is 25.7 Å². The number of rotatable bonds is 7. The van der Waals surface area contributed by atoms with E-state index in [2.05, 4.69) is 32.2 Å². The van der Waals surface area contributed by atoms with Crippen LogP contribution in [0.25, 0.3) is 0 Å². The molecule has 0 bridgehead atoms. The van der Waals surface area contributed by atoms with Crippen LogP contribution >= 0.6 is 0 Å². The number of nitrogens with zero attached hydrogens (tertiary/aromatic N) is 1. The summed E-state index contributed by atoms with van der Waals surface area (Å²) < 4.78 is 0. The number of hydrogen-bond donors (Lipinski definition) is 1. The van der Waals surface area contributed by atoms with Gasteiger partial charge in [-0.05, 0) is 19.8 Å². The van der Waals surface area contributed by atoms with E-state index in [0.717, 1.165) is 0 Å². The fourth-order valence-electron chi connectivity index (χ4n) is 1.61. The van der Waals surface area contributed by atoms with Crippen LogP contribution in [0.1, 0.15) is 52.9 Å². The van der Waals surface area contributed by atoms with Crippen LogP contribution in [0.15, 0.2) is 0 Å². The Balaban J connectivity index is 3.72. The minimum Gasteiger partial charge on any atom is -0.310 e. The minimum absolute atomic E-state index is 0.341. The van der Waals surface area contributed by atoms with E-state index in [4.69, 9.17) is 5.26 Å². The van der Waals surface area contributed by atoms with Gasteiger partial charge in [0, 0.05) is 12.1 Å². The van der Waals surface area contributed by atoms with Gasteiger partial charge in [0.1, 0.15) is 0 Å². The van der Waals surface area contributed by atoms with Gasteiger partial charge in [0.15, 0.2) is 0 Å². The van der Waals surface area contributed by atoms with Gasteiger partial charge in [0.05, 0.1) is 12.5 Å². The van der Waals surface area contributed by atoms with Crippen molar-refractivity contribution >= 4 is 0 Å². The minimum atomic E-state index is 0.341. The van der Waals surface area contributed by atoms with Crippen LogP contribution in [0.2, 0.25) is 0 Å². The summed E-state index contributed by atoms with van der Waals surface area (Å²) >= 11 is 0. The van der Waals surface area contributed by atoms with Crippen molar-refractivity contribution in [3.8, 4) is 6.07 Å². The maximum absolute atomic E-state index is 8.52. The highest BCUT2D eigenvalue weighted by Gasteiger charge is 2.09. The van der Waals surface area contributed by atoms with Gasteiger partial charge < -0.3 is 5.32 Å². The average molecular weight is 182 g/mol. The Morgan fingerprint density at radius 1 is 1.23 bits per heavy atom. The van der Waals surface area contributed by atoms with Gasteiger partial charge in [0.2, 0.25) is 0 Å². The monoisotopic (exact) mass is 182 g/mol. The fraction of sp³-hybridized carbons (Fsp3) is 0.909. The molecule has 0 saturated heterocycles. The molecule has 2 heteroatoms. The van der Waals surface area contributed by atoms with Crippen molar-refractivity contribution in [1.82, 2.24) is 5.32 Å². The summed E-state index contributed by atoms with van der Waals surface area (Å²) in [7, 11) is 0. The molecule has 0 amide bonds. The number of hydrogen-bond acceptors (Lipinski definition) is 2. The Morgan fingerprint density at radius 2 is 1.77 bits per heavy atom. The second-order valence-corrected chi connectivity index (χ2v) is 3.70. The predicted octanol–water partition coefficient (Wildman–Crippen LogP) is 2.85. The normalized spacial score (nSPS) is 12.8. The summed E-state index contributed by atoms with van der Waals surface area (Å²) in [6.07, 6.45) is 5.50. The highest BCUT2D eigenvalue weighted by atomic mass is 14.9. The molecule has 0 saturated carbocycles. The summed E-state index contributed by atoms with van der Waals surface area (Å²) in [4.78, 5) is 0. The summed E-state index contributed by atoms with van der Waals surface area (Å²) in [5, 5.41) is 12.0. The van der Waals surface area contributed by atoms with Crippen molar-refractivity contribution < 1.29 is 0 Å². The van der Waals surface area contributed by atoms with Crippen molar-refractivity contribution in [2.24, 2.45) is 0 Å². The molecule has 0 fully saturated rings. The molecule has 1 N–H and O–H groups in total. The lowest BCUT2D eigenvalue weighted by Crippen LogP contribution is -2.36. The topological polar surface area (TPSA) is 35.8 Å². The SMILES string of the molecule is CCCC(CCC)NC(C)CC#N. The van der Waals surface area contributed by atoms with Crippen molar-refractivity contribution in [1.29, 1.82) is 5.26 Å². The van der Waals surface area contributed by atoms with Crippen LogP contribution in [0.5, 0.6) is 0 Å². The summed E-state index contributed by atoms with van der Waals surface area (Å²) in [5.41, 5.74) is 0. The molecule has 0 rings (SSSR count). The van der Waals surface area contributed by atoms with Crippen LogP contribution in [0.3, 0.4) is 0 Å². The van der Waals surface area contributed by atoms with Gasteiger partial charge in [-0.3, -0.25) is 0 Å². The Labute approximate surface area is 82.3 Å². The zero-order valence-electron chi connectivity index (χ0n) is 9.14. The maximum atomic E-state index is 8.52. The lowest BCUT2D eigenvalue weighted by Gasteiger charge is -2.20. The molecule has 1 atom stereocenters. The molecule has 0 aliphatic rings. The van der Waals surface area contributed by atoms with Gasteiger partial charge >= 0.3 is 0 Å². The van der Waals surface area contributed by atoms with E-state index in [9.17, 15) is 0 Å². The maximum Gasteiger partial charge on any atom is 0.0638 e. The first-order chi connectivity index (χ1) is 6.24. The molecule has 2 nitrogen and oxygen atoms in total. The third-order valence-electron chi connectivity index (χ3n) is 2.19. The molecule has 76 valence electrons. The Hall–Kier alpha value is -0.550. The smallest absolute Gasteiger partial charge is 0.0638 e. The molecule has 0 spiro atoms. The van der Waals surface area contributed by atoms with Crippen molar-refractivity contribution in [3.05, 3.63) is 0 Å². The fourth-order valence-corrected chi connectivity index (χ4v) is 1.61. The predicted molar refractivity (Wildman–Crippen MR) is 56.4 cm³/mol. The van der Waals surface area contributed by atoms with Crippen LogP contribution in [0.4, 0.5) is 0 Å². The summed E-state index contributed by atoms with van der Waals surface area (Å²) in [6, 6.07) is 3.14. The average Bonchev–Trinajstić information content (AvgIpc) is 2.05. The molecular weight excluding hydrogens is 160 g/mol. The van der Waals surface area contributed by atoms with Crippen LogP contribution in [-0.2, 0) is 0 Å². The van der Waals surface area contributed by atoms with E-state index in [1.807, 2.05) is 0 Å². The van der Waals surface area contributed by atoms with E-state index in [1.54, 1.807) is 0 Å². The second-order valence-electron chi connectivity index (χ2n) is 3.70. The molecule has 0 aromatic heterocycles. The van der Waals surface area contributed by atoms with Gasteiger partial charge in [-0.15, -0.1) is 0 Å². The number of nitriles is 1. The van der Waals surface area contributed by atoms with Crippen LogP contribution in [0, 0.1) is 11.3 Å². The van der Waals surface area contributed by atoms with E-state index in [-0.39, 0.29) is 0 Å². The third-order valence-corrected chi connectivity index (χ3v) is 2.19. The van der Waals surface area contributed by atoms with Gasteiger partial charge in [-0.2, -0.15) is 5.26 Å². The lowest BCUT2D eigenvalue weighted by atomic mass is 10.1. The molecule has 0 radical (unpaired) electrons. The molecule has 0 aromatic rings. The Morgan fingerprint density at radius 3 is 2.15 bits per heavy atom. The molecule has 13 heavy (non-hydrogen) atoms. The Kier molecular flexibility index (Phi) is 7.73. The third kappa shape index (κ3) is 6.60. The number of nitrogens with one attached hydrogen (secondary N) is 1. The summed E-state index contributed by atoms with van der Waals surface area (Å²) in [5.74, 6) is 0. The van der Waals surface area contributed by atoms with Crippen molar-refractivity contribution in [2.75, 3.05) is 0 Å². The van der Waals surface area contributed by atoms with Crippen LogP contribution in [-0.4, -0.2) is 12.1 Å². The molecule has 0 heterocycles. The first-order valence-corrected chi connectivity index (χ1v) is 5.37. The molecular formula is C11H22N2. The van der Waals surface area contributed by atoms with Crippen molar-refractivity contribution in [2.45, 2.75) is 65.0 Å². The Bertz CT molecular complexity index is 143. The highest BCUT2D eigenvalue weighted by molar-refractivity contribution is 4.80. The largest absolute Gasteiger partial charge is 0.310 e. The van der Waals surface area contributed by atoms with Crippen LogP contribution < -0.4 is 5.32 Å². The van der Waals surface area contributed by atoms with E-state index in [0.29, 0.717) is 18.5 Å². The van der Waals surface area contributed by atoms with Gasteiger partial charge in [0.25, 0.3) is 0 Å². The molecule has 0 aromatic carbocycles. The standard InChI is InChI=1S/C11H22N2/c1-4-6-11(7-5-2)13-10(3)8-9-12/h10-11,13H,4-8H2,1-3H3. The van der Waals surface area contributed by atoms with Gasteiger partial charge in [-0.25, -0.2) is 0 Å². The van der Waals surface area contributed by atoms with Crippen molar-refractivity contribution in [3.63, 3.8) is 0 Å². The lowest BCUT2D eigenvalue weighted by molar-refractivity contribution is 0.399. The highest BCUT2D eigenvalue weighted by Crippen LogP contribution is 2.06. The first-order valence-electron chi connectivity index (χ1n) is 5.37. The zero-order valence-corrected chi connectivity index (χ0v) is 9.14. The van der Waals surface area contributed by atoms with Gasteiger partial charge in [-0.1, -0.05) is 26.7 Å². The second kappa shape index (κ2) is 8.07. The zero-order chi connectivity index (χ0) is 10.1. The molecule has 1 unspecified atom stereocenters. The molecule has 0 aliphatic carbocycles.